The first kappa shape index (κ1) is 23.6. The average Bonchev–Trinajstić information content (AvgIpc) is 3.31. The molecular weight excluding hydrogens is 394 g/mol. The highest BCUT2D eigenvalue weighted by atomic mass is 32.2. The largest absolute Gasteiger partial charge is 0.340 e. The lowest BCUT2D eigenvalue weighted by Gasteiger charge is -2.33. The van der Waals surface area contributed by atoms with Crippen LogP contribution >= 0.6 is 0 Å². The Labute approximate surface area is 174 Å². The highest BCUT2D eigenvalue weighted by Gasteiger charge is 2.44. The van der Waals surface area contributed by atoms with Gasteiger partial charge in [0.25, 0.3) is 5.91 Å². The molecule has 2 fully saturated rings. The summed E-state index contributed by atoms with van der Waals surface area (Å²) in [5.41, 5.74) is -1.54. The number of carbonyl (C=O) groups excluding carboxylic acids is 3. The highest BCUT2D eigenvalue weighted by Crippen LogP contribution is 2.28. The third kappa shape index (κ3) is 6.17. The van der Waals surface area contributed by atoms with Crippen LogP contribution in [0, 0.1) is 5.41 Å². The summed E-state index contributed by atoms with van der Waals surface area (Å²) in [4.78, 5) is 40.0. The van der Waals surface area contributed by atoms with Gasteiger partial charge in [0.1, 0.15) is 11.6 Å². The quantitative estimate of drug-likeness (QED) is 0.610. The minimum Gasteiger partial charge on any atom is -0.340 e. The van der Waals surface area contributed by atoms with Gasteiger partial charge in [0.2, 0.25) is 21.8 Å². The van der Waals surface area contributed by atoms with E-state index in [1.54, 1.807) is 11.8 Å². The van der Waals surface area contributed by atoms with E-state index >= 15 is 0 Å². The fourth-order valence-corrected chi connectivity index (χ4v) is 5.09. The Morgan fingerprint density at radius 1 is 1.07 bits per heavy atom. The predicted molar refractivity (Wildman–Crippen MR) is 110 cm³/mol. The number of hydrogen-bond acceptors (Lipinski definition) is 5. The van der Waals surface area contributed by atoms with Crippen molar-refractivity contribution in [3.63, 3.8) is 0 Å². The van der Waals surface area contributed by atoms with Crippen LogP contribution in [0.2, 0.25) is 0 Å². The molecule has 2 atom stereocenters. The van der Waals surface area contributed by atoms with E-state index < -0.39 is 38.7 Å². The number of hydrogen-bond donors (Lipinski definition) is 2. The maximum absolute atomic E-state index is 13.0. The van der Waals surface area contributed by atoms with Gasteiger partial charge in [-0.1, -0.05) is 34.1 Å². The lowest BCUT2D eigenvalue weighted by molar-refractivity contribution is -0.141. The zero-order valence-electron chi connectivity index (χ0n) is 18.2. The number of rotatable bonds is 8. The molecule has 3 amide bonds. The summed E-state index contributed by atoms with van der Waals surface area (Å²) < 4.78 is 26.5. The van der Waals surface area contributed by atoms with Crippen molar-refractivity contribution >= 4 is 27.7 Å². The first-order chi connectivity index (χ1) is 13.3. The summed E-state index contributed by atoms with van der Waals surface area (Å²) in [6.45, 7) is 9.83. The van der Waals surface area contributed by atoms with Crippen LogP contribution < -0.4 is 10.0 Å². The van der Waals surface area contributed by atoms with E-state index in [2.05, 4.69) is 10.0 Å². The van der Waals surface area contributed by atoms with E-state index in [0.29, 0.717) is 45.1 Å². The Balaban J connectivity index is 2.11. The number of carbonyl (C=O) groups is 3. The van der Waals surface area contributed by atoms with Gasteiger partial charge in [-0.25, -0.2) is 8.42 Å². The third-order valence-electron chi connectivity index (χ3n) is 5.41. The van der Waals surface area contributed by atoms with E-state index in [1.165, 1.54) is 0 Å². The van der Waals surface area contributed by atoms with Gasteiger partial charge in [-0.05, 0) is 44.4 Å². The van der Waals surface area contributed by atoms with Crippen LogP contribution in [0.15, 0.2) is 0 Å². The molecule has 1 aliphatic heterocycles. The molecule has 1 saturated heterocycles. The maximum Gasteiger partial charge on any atom is 0.258 e. The fourth-order valence-electron chi connectivity index (χ4n) is 3.68. The van der Waals surface area contributed by atoms with Gasteiger partial charge in [0.05, 0.1) is 5.25 Å². The molecule has 1 heterocycles. The molecule has 0 aromatic heterocycles. The molecule has 1 saturated carbocycles. The molecule has 9 heteroatoms. The maximum atomic E-state index is 13.0. The first-order valence-electron chi connectivity index (χ1n) is 10.5. The molecule has 2 N–H and O–H groups in total. The second kappa shape index (κ2) is 8.62. The summed E-state index contributed by atoms with van der Waals surface area (Å²) in [7, 11) is -3.70. The Kier molecular flexibility index (Phi) is 7.02. The normalized spacial score (nSPS) is 22.1. The lowest BCUT2D eigenvalue weighted by atomic mass is 9.91. The second-order valence-electron chi connectivity index (χ2n) is 9.73. The Bertz CT molecular complexity index is 755. The van der Waals surface area contributed by atoms with Gasteiger partial charge in [-0.3, -0.25) is 19.1 Å². The molecule has 2 rings (SSSR count). The van der Waals surface area contributed by atoms with Crippen LogP contribution in [-0.2, 0) is 24.4 Å². The van der Waals surface area contributed by atoms with Crippen molar-refractivity contribution in [3.05, 3.63) is 0 Å². The molecular formula is C20H35N3O5S. The summed E-state index contributed by atoms with van der Waals surface area (Å²) in [6.07, 6.45) is 3.58. The molecule has 0 radical (unpaired) electrons. The van der Waals surface area contributed by atoms with E-state index in [9.17, 15) is 22.8 Å². The van der Waals surface area contributed by atoms with Crippen LogP contribution in [0.5, 0.6) is 0 Å². The number of likely N-dealkylation sites (tertiary alicyclic amines) is 1. The van der Waals surface area contributed by atoms with Crippen molar-refractivity contribution in [2.24, 2.45) is 5.41 Å². The topological polar surface area (TPSA) is 113 Å². The predicted octanol–water partition coefficient (Wildman–Crippen LogP) is 1.70. The Morgan fingerprint density at radius 3 is 2.21 bits per heavy atom. The van der Waals surface area contributed by atoms with Gasteiger partial charge in [0.15, 0.2) is 0 Å². The minimum atomic E-state index is -3.70. The van der Waals surface area contributed by atoms with E-state index in [4.69, 9.17) is 0 Å². The zero-order chi connectivity index (χ0) is 22.0. The standard InChI is InChI=1S/C20H35N3O5S/c1-6-11-20(5,18(26)22-29(27,28)14-9-10-14)21-17(25)15-8-7-12-23(15)16(24)13-19(2,3)4/h14-15H,6-13H2,1-5H3,(H,21,25)(H,22,26)/t15-,20?/m0/s1. The van der Waals surface area contributed by atoms with E-state index in [0.717, 1.165) is 6.42 Å². The minimum absolute atomic E-state index is 0.0758. The van der Waals surface area contributed by atoms with Crippen molar-refractivity contribution < 1.29 is 22.8 Å². The van der Waals surface area contributed by atoms with Crippen LogP contribution in [0.1, 0.15) is 79.6 Å². The lowest BCUT2D eigenvalue weighted by Crippen LogP contribution is -2.61. The molecule has 29 heavy (non-hydrogen) atoms. The second-order valence-corrected chi connectivity index (χ2v) is 11.7. The molecule has 2 aliphatic rings. The molecule has 1 aliphatic carbocycles. The van der Waals surface area contributed by atoms with Crippen molar-refractivity contribution in [3.8, 4) is 0 Å². The average molecular weight is 430 g/mol. The van der Waals surface area contributed by atoms with Crippen molar-refractivity contribution in [2.45, 2.75) is 96.4 Å². The molecule has 0 bridgehead atoms. The smallest absolute Gasteiger partial charge is 0.258 e. The Morgan fingerprint density at radius 2 is 1.69 bits per heavy atom. The third-order valence-corrected chi connectivity index (χ3v) is 7.22. The fraction of sp³-hybridized carbons (Fsp3) is 0.850. The van der Waals surface area contributed by atoms with Gasteiger partial charge < -0.3 is 10.2 Å². The Hall–Kier alpha value is -1.64. The van der Waals surface area contributed by atoms with Crippen LogP contribution in [-0.4, -0.2) is 54.4 Å². The number of nitrogens with zero attached hydrogens (tertiary/aromatic N) is 1. The molecule has 1 unspecified atom stereocenters. The molecule has 0 aromatic carbocycles. The van der Waals surface area contributed by atoms with Crippen molar-refractivity contribution in [2.75, 3.05) is 6.54 Å². The van der Waals surface area contributed by atoms with Crippen LogP contribution in [0.3, 0.4) is 0 Å². The zero-order valence-corrected chi connectivity index (χ0v) is 19.0. The SMILES string of the molecule is CCCC(C)(NC(=O)[C@@H]1CCCN1C(=O)CC(C)(C)C)C(=O)NS(=O)(=O)C1CC1. The molecule has 8 nitrogen and oxygen atoms in total. The monoisotopic (exact) mass is 429 g/mol. The van der Waals surface area contributed by atoms with Crippen molar-refractivity contribution in [1.82, 2.24) is 14.9 Å². The molecule has 0 spiro atoms. The first-order valence-corrected chi connectivity index (χ1v) is 12.0. The molecule has 0 aromatic rings. The summed E-state index contributed by atoms with van der Waals surface area (Å²) in [5, 5.41) is 2.24. The number of sulfonamides is 1. The summed E-state index contributed by atoms with van der Waals surface area (Å²) >= 11 is 0. The van der Waals surface area contributed by atoms with Crippen LogP contribution in [0.4, 0.5) is 0 Å². The van der Waals surface area contributed by atoms with Gasteiger partial charge >= 0.3 is 0 Å². The summed E-state index contributed by atoms with van der Waals surface area (Å²) in [6, 6.07) is -0.631. The van der Waals surface area contributed by atoms with Gasteiger partial charge in [0, 0.05) is 13.0 Å². The summed E-state index contributed by atoms with van der Waals surface area (Å²) in [5.74, 6) is -1.20. The van der Waals surface area contributed by atoms with Crippen LogP contribution in [0.25, 0.3) is 0 Å². The number of amides is 3. The van der Waals surface area contributed by atoms with E-state index in [1.807, 2.05) is 27.7 Å². The van der Waals surface area contributed by atoms with Gasteiger partial charge in [-0.2, -0.15) is 0 Å². The molecule has 166 valence electrons. The van der Waals surface area contributed by atoms with E-state index in [-0.39, 0.29) is 11.3 Å². The number of nitrogens with one attached hydrogen (secondary N) is 2. The van der Waals surface area contributed by atoms with Crippen molar-refractivity contribution in [1.29, 1.82) is 0 Å². The highest BCUT2D eigenvalue weighted by molar-refractivity contribution is 7.90. The van der Waals surface area contributed by atoms with Gasteiger partial charge in [-0.15, -0.1) is 0 Å².